The van der Waals surface area contributed by atoms with E-state index >= 15 is 0 Å². The van der Waals surface area contributed by atoms with Crippen LogP contribution in [0.15, 0.2) is 36.4 Å². The SMILES string of the molecule is Oc1ccc(C(F)(F)Oc2ccc(F)cc2)c(F)c1F. The number of ether oxygens (including phenoxy) is 1. The van der Waals surface area contributed by atoms with Gasteiger partial charge in [0.05, 0.1) is 0 Å². The molecule has 20 heavy (non-hydrogen) atoms. The van der Waals surface area contributed by atoms with E-state index in [1.54, 1.807) is 0 Å². The predicted octanol–water partition coefficient (Wildman–Crippen LogP) is 3.94. The number of alkyl halides is 2. The van der Waals surface area contributed by atoms with Gasteiger partial charge in [0.15, 0.2) is 11.6 Å². The first-order valence-electron chi connectivity index (χ1n) is 5.31. The molecule has 7 heteroatoms. The number of hydrogen-bond acceptors (Lipinski definition) is 2. The zero-order chi connectivity index (χ0) is 14.9. The Hall–Kier alpha value is -2.31. The molecular formula is C13H7F5O2. The van der Waals surface area contributed by atoms with Crippen molar-refractivity contribution in [3.8, 4) is 11.5 Å². The first-order chi connectivity index (χ1) is 9.31. The highest BCUT2D eigenvalue weighted by molar-refractivity contribution is 5.32. The Morgan fingerprint density at radius 1 is 0.850 bits per heavy atom. The van der Waals surface area contributed by atoms with Gasteiger partial charge in [-0.1, -0.05) is 0 Å². The summed E-state index contributed by atoms with van der Waals surface area (Å²) in [5, 5.41) is 8.87. The minimum absolute atomic E-state index is 0.427. The first kappa shape index (κ1) is 14.1. The van der Waals surface area contributed by atoms with Crippen molar-refractivity contribution >= 4 is 0 Å². The molecule has 106 valence electrons. The molecular weight excluding hydrogens is 283 g/mol. The van der Waals surface area contributed by atoms with Crippen molar-refractivity contribution in [2.75, 3.05) is 0 Å². The number of hydrogen-bond donors (Lipinski definition) is 1. The molecule has 0 amide bonds. The fourth-order valence-electron chi connectivity index (χ4n) is 1.47. The Kier molecular flexibility index (Phi) is 3.52. The lowest BCUT2D eigenvalue weighted by Crippen LogP contribution is -2.24. The molecule has 0 aliphatic rings. The van der Waals surface area contributed by atoms with Gasteiger partial charge in [-0.05, 0) is 36.4 Å². The van der Waals surface area contributed by atoms with Crippen molar-refractivity contribution in [3.05, 3.63) is 59.4 Å². The average molecular weight is 290 g/mol. The number of phenols is 1. The number of halogens is 5. The molecule has 0 aliphatic carbocycles. The van der Waals surface area contributed by atoms with Crippen LogP contribution in [0.25, 0.3) is 0 Å². The third kappa shape index (κ3) is 2.66. The fourth-order valence-corrected chi connectivity index (χ4v) is 1.47. The van der Waals surface area contributed by atoms with E-state index < -0.39 is 40.6 Å². The maximum atomic E-state index is 13.7. The van der Waals surface area contributed by atoms with E-state index in [-0.39, 0.29) is 0 Å². The Balaban J connectivity index is 2.35. The van der Waals surface area contributed by atoms with E-state index in [1.807, 2.05) is 0 Å². The molecule has 0 atom stereocenters. The predicted molar refractivity (Wildman–Crippen MR) is 58.9 cm³/mol. The third-order valence-electron chi connectivity index (χ3n) is 2.44. The van der Waals surface area contributed by atoms with Crippen LogP contribution in [-0.2, 0) is 6.11 Å². The second-order valence-corrected chi connectivity index (χ2v) is 3.83. The Morgan fingerprint density at radius 3 is 2.05 bits per heavy atom. The minimum atomic E-state index is -4.18. The second kappa shape index (κ2) is 4.99. The van der Waals surface area contributed by atoms with Gasteiger partial charge in [-0.15, -0.1) is 0 Å². The lowest BCUT2D eigenvalue weighted by atomic mass is 10.1. The highest BCUT2D eigenvalue weighted by atomic mass is 19.3. The first-order valence-corrected chi connectivity index (χ1v) is 5.31. The van der Waals surface area contributed by atoms with E-state index in [1.165, 1.54) is 0 Å². The Labute approximate surface area is 110 Å². The van der Waals surface area contributed by atoms with Crippen molar-refractivity contribution in [2.45, 2.75) is 6.11 Å². The summed E-state index contributed by atoms with van der Waals surface area (Å²) in [7, 11) is 0. The molecule has 0 aromatic heterocycles. The monoisotopic (exact) mass is 290 g/mol. The van der Waals surface area contributed by atoms with Crippen LogP contribution in [0, 0.1) is 17.5 Å². The van der Waals surface area contributed by atoms with Crippen molar-refractivity contribution < 1.29 is 31.8 Å². The maximum absolute atomic E-state index is 13.7. The van der Waals surface area contributed by atoms with Crippen molar-refractivity contribution in [1.82, 2.24) is 0 Å². The van der Waals surface area contributed by atoms with Gasteiger partial charge in [0.2, 0.25) is 5.82 Å². The van der Waals surface area contributed by atoms with Crippen LogP contribution in [0.4, 0.5) is 22.0 Å². The van der Waals surface area contributed by atoms with Gasteiger partial charge in [-0.25, -0.2) is 8.78 Å². The molecule has 2 aromatic rings. The zero-order valence-electron chi connectivity index (χ0n) is 9.71. The topological polar surface area (TPSA) is 29.5 Å². The smallest absolute Gasteiger partial charge is 0.429 e. The molecule has 2 nitrogen and oxygen atoms in total. The number of rotatable bonds is 3. The van der Waals surface area contributed by atoms with Crippen LogP contribution in [0.5, 0.6) is 11.5 Å². The average Bonchev–Trinajstić information content (AvgIpc) is 2.38. The van der Waals surface area contributed by atoms with Crippen LogP contribution in [0.2, 0.25) is 0 Å². The molecule has 0 saturated carbocycles. The van der Waals surface area contributed by atoms with Gasteiger partial charge in [0, 0.05) is 0 Å². The molecule has 0 bridgehead atoms. The normalized spacial score (nSPS) is 11.4. The summed E-state index contributed by atoms with van der Waals surface area (Å²) in [6, 6.07) is 4.65. The Bertz CT molecular complexity index is 625. The van der Waals surface area contributed by atoms with E-state index in [2.05, 4.69) is 4.74 Å². The van der Waals surface area contributed by atoms with Crippen LogP contribution in [0.3, 0.4) is 0 Å². The molecule has 0 unspecified atom stereocenters. The second-order valence-electron chi connectivity index (χ2n) is 3.83. The van der Waals surface area contributed by atoms with Crippen LogP contribution >= 0.6 is 0 Å². The number of phenolic OH excluding ortho intramolecular Hbond substituents is 1. The van der Waals surface area contributed by atoms with Gasteiger partial charge >= 0.3 is 6.11 Å². The quantitative estimate of drug-likeness (QED) is 0.868. The fraction of sp³-hybridized carbons (Fsp3) is 0.0769. The van der Waals surface area contributed by atoms with Gasteiger partial charge in [-0.3, -0.25) is 0 Å². The molecule has 0 fully saturated rings. The largest absolute Gasteiger partial charge is 0.505 e. The summed E-state index contributed by atoms with van der Waals surface area (Å²) in [5.41, 5.74) is -1.38. The van der Waals surface area contributed by atoms with Crippen molar-refractivity contribution in [2.24, 2.45) is 0 Å². The minimum Gasteiger partial charge on any atom is -0.505 e. The summed E-state index contributed by atoms with van der Waals surface area (Å²) in [6.45, 7) is 0. The molecule has 0 saturated heterocycles. The molecule has 2 rings (SSSR count). The third-order valence-corrected chi connectivity index (χ3v) is 2.44. The van der Waals surface area contributed by atoms with E-state index in [0.29, 0.717) is 12.1 Å². The van der Waals surface area contributed by atoms with E-state index in [0.717, 1.165) is 24.3 Å². The summed E-state index contributed by atoms with van der Waals surface area (Å²) < 4.78 is 70.7. The standard InChI is InChI=1S/C13H7F5O2/c14-7-1-3-8(4-2-7)20-13(17,18)9-5-6-10(19)12(16)11(9)15/h1-6,19H. The van der Waals surface area contributed by atoms with Gasteiger partial charge in [0.1, 0.15) is 17.1 Å². The molecule has 0 spiro atoms. The van der Waals surface area contributed by atoms with Gasteiger partial charge in [0.25, 0.3) is 0 Å². The van der Waals surface area contributed by atoms with Gasteiger partial charge in [-0.2, -0.15) is 13.2 Å². The van der Waals surface area contributed by atoms with Crippen molar-refractivity contribution in [3.63, 3.8) is 0 Å². The zero-order valence-corrected chi connectivity index (χ0v) is 9.71. The molecule has 0 heterocycles. The summed E-state index contributed by atoms with van der Waals surface area (Å²) >= 11 is 0. The molecule has 2 aromatic carbocycles. The molecule has 1 N–H and O–H groups in total. The summed E-state index contributed by atoms with van der Waals surface area (Å²) in [6.07, 6.45) is -4.18. The van der Waals surface area contributed by atoms with Gasteiger partial charge < -0.3 is 9.84 Å². The number of aromatic hydroxyl groups is 1. The van der Waals surface area contributed by atoms with E-state index in [9.17, 15) is 22.0 Å². The molecule has 0 aliphatic heterocycles. The van der Waals surface area contributed by atoms with Crippen LogP contribution < -0.4 is 4.74 Å². The molecule has 0 radical (unpaired) electrons. The lowest BCUT2D eigenvalue weighted by molar-refractivity contribution is -0.187. The Morgan fingerprint density at radius 2 is 1.45 bits per heavy atom. The lowest BCUT2D eigenvalue weighted by Gasteiger charge is -2.19. The summed E-state index contributed by atoms with van der Waals surface area (Å²) in [4.78, 5) is 0. The van der Waals surface area contributed by atoms with Crippen LogP contribution in [-0.4, -0.2) is 5.11 Å². The maximum Gasteiger partial charge on any atom is 0.429 e. The van der Waals surface area contributed by atoms with Crippen molar-refractivity contribution in [1.29, 1.82) is 0 Å². The number of benzene rings is 2. The highest BCUT2D eigenvalue weighted by Gasteiger charge is 2.39. The van der Waals surface area contributed by atoms with E-state index in [4.69, 9.17) is 5.11 Å². The summed E-state index contributed by atoms with van der Waals surface area (Å²) in [5.74, 6) is -5.90. The highest BCUT2D eigenvalue weighted by Crippen LogP contribution is 2.35. The van der Waals surface area contributed by atoms with Crippen LogP contribution in [0.1, 0.15) is 5.56 Å².